The maximum Gasteiger partial charge on any atom is 0.162 e. The molecule has 2 rings (SSSR count). The van der Waals surface area contributed by atoms with Gasteiger partial charge in [-0.1, -0.05) is 6.07 Å². The van der Waals surface area contributed by atoms with E-state index >= 15 is 0 Å². The Morgan fingerprint density at radius 2 is 1.68 bits per heavy atom. The molecule has 0 unspecified atom stereocenters. The van der Waals surface area contributed by atoms with Gasteiger partial charge in [-0.25, -0.2) is 13.2 Å². The fourth-order valence-electron chi connectivity index (χ4n) is 1.65. The number of hydrogen-bond donors (Lipinski definition) is 1. The molecule has 0 radical (unpaired) electrons. The highest BCUT2D eigenvalue weighted by molar-refractivity contribution is 5.29. The topological polar surface area (TPSA) is 35.2 Å². The molecule has 0 spiro atoms. The van der Waals surface area contributed by atoms with E-state index in [4.69, 9.17) is 10.5 Å². The highest BCUT2D eigenvalue weighted by Gasteiger charge is 2.06. The van der Waals surface area contributed by atoms with Gasteiger partial charge in [-0.15, -0.1) is 0 Å². The third-order valence-electron chi connectivity index (χ3n) is 2.67. The molecule has 0 fully saturated rings. The van der Waals surface area contributed by atoms with Crippen molar-refractivity contribution >= 4 is 0 Å². The average molecular weight is 267 g/mol. The molecule has 100 valence electrons. The molecule has 5 heteroatoms. The van der Waals surface area contributed by atoms with Crippen LogP contribution in [-0.4, -0.2) is 0 Å². The minimum Gasteiger partial charge on any atom is -0.489 e. The van der Waals surface area contributed by atoms with Crippen LogP contribution in [-0.2, 0) is 13.2 Å². The minimum absolute atomic E-state index is 0.109. The van der Waals surface area contributed by atoms with Gasteiger partial charge in [-0.05, 0) is 35.4 Å². The quantitative estimate of drug-likeness (QED) is 0.923. The van der Waals surface area contributed by atoms with E-state index in [-0.39, 0.29) is 24.7 Å². The average Bonchev–Trinajstić information content (AvgIpc) is 2.41. The van der Waals surface area contributed by atoms with Crippen LogP contribution in [0.25, 0.3) is 0 Å². The number of hydrogen-bond acceptors (Lipinski definition) is 2. The zero-order chi connectivity index (χ0) is 13.8. The summed E-state index contributed by atoms with van der Waals surface area (Å²) in [5.41, 5.74) is 6.82. The lowest BCUT2D eigenvalue weighted by molar-refractivity contribution is 0.302. The van der Waals surface area contributed by atoms with Gasteiger partial charge in [0.05, 0.1) is 0 Å². The molecule has 0 aromatic heterocycles. The van der Waals surface area contributed by atoms with E-state index in [0.717, 1.165) is 12.1 Å². The third kappa shape index (κ3) is 3.26. The van der Waals surface area contributed by atoms with Crippen LogP contribution >= 0.6 is 0 Å². The number of rotatable bonds is 4. The fraction of sp³-hybridized carbons (Fsp3) is 0.143. The molecule has 2 aromatic carbocycles. The maximum atomic E-state index is 13.0. The Balaban J connectivity index is 2.12. The second kappa shape index (κ2) is 5.75. The lowest BCUT2D eigenvalue weighted by Crippen LogP contribution is -2.05. The Labute approximate surface area is 108 Å². The van der Waals surface area contributed by atoms with Gasteiger partial charge in [0.2, 0.25) is 0 Å². The van der Waals surface area contributed by atoms with Crippen molar-refractivity contribution in [3.63, 3.8) is 0 Å². The summed E-state index contributed by atoms with van der Waals surface area (Å²) < 4.78 is 44.0. The number of benzene rings is 2. The molecular formula is C14H12F3NO. The van der Waals surface area contributed by atoms with E-state index < -0.39 is 11.6 Å². The highest BCUT2D eigenvalue weighted by Crippen LogP contribution is 2.18. The fourth-order valence-corrected chi connectivity index (χ4v) is 1.65. The molecule has 2 aromatic rings. The first-order valence-electron chi connectivity index (χ1n) is 5.65. The van der Waals surface area contributed by atoms with Crippen molar-refractivity contribution in [2.75, 3.05) is 0 Å². The molecule has 0 aliphatic rings. The standard InChI is InChI=1S/C14H12F3NO/c15-11-2-1-9(10(5-11)7-18)8-19-12-3-4-13(16)14(17)6-12/h1-6H,7-8,18H2. The van der Waals surface area contributed by atoms with Crippen LogP contribution < -0.4 is 10.5 Å². The molecule has 0 aliphatic carbocycles. The molecule has 0 heterocycles. The molecule has 2 N–H and O–H groups in total. The van der Waals surface area contributed by atoms with Gasteiger partial charge < -0.3 is 10.5 Å². The van der Waals surface area contributed by atoms with Crippen LogP contribution in [0.5, 0.6) is 5.75 Å². The van der Waals surface area contributed by atoms with E-state index in [9.17, 15) is 13.2 Å². The minimum atomic E-state index is -0.976. The Morgan fingerprint density at radius 3 is 2.37 bits per heavy atom. The van der Waals surface area contributed by atoms with Crippen LogP contribution in [0, 0.1) is 17.5 Å². The summed E-state index contributed by atoms with van der Waals surface area (Å²) in [6.45, 7) is 0.284. The molecule has 0 bridgehead atoms. The summed E-state index contributed by atoms with van der Waals surface area (Å²) in [6.07, 6.45) is 0. The van der Waals surface area contributed by atoms with Crippen molar-refractivity contribution in [1.29, 1.82) is 0 Å². The van der Waals surface area contributed by atoms with Crippen LogP contribution in [0.3, 0.4) is 0 Å². The Kier molecular flexibility index (Phi) is 4.06. The Bertz CT molecular complexity index is 587. The van der Waals surface area contributed by atoms with Gasteiger partial charge in [0.15, 0.2) is 11.6 Å². The summed E-state index contributed by atoms with van der Waals surface area (Å²) in [4.78, 5) is 0. The zero-order valence-electron chi connectivity index (χ0n) is 10.00. The summed E-state index contributed by atoms with van der Waals surface area (Å²) in [7, 11) is 0. The summed E-state index contributed by atoms with van der Waals surface area (Å²) in [5, 5.41) is 0. The van der Waals surface area contributed by atoms with Crippen molar-refractivity contribution in [2.45, 2.75) is 13.2 Å². The first kappa shape index (κ1) is 13.4. The predicted molar refractivity (Wildman–Crippen MR) is 65.0 cm³/mol. The highest BCUT2D eigenvalue weighted by atomic mass is 19.2. The van der Waals surface area contributed by atoms with Gasteiger partial charge in [0.25, 0.3) is 0 Å². The van der Waals surface area contributed by atoms with Crippen molar-refractivity contribution < 1.29 is 17.9 Å². The Morgan fingerprint density at radius 1 is 0.895 bits per heavy atom. The lowest BCUT2D eigenvalue weighted by atomic mass is 10.1. The van der Waals surface area contributed by atoms with E-state index in [2.05, 4.69) is 0 Å². The van der Waals surface area contributed by atoms with E-state index in [1.54, 1.807) is 6.07 Å². The predicted octanol–water partition coefficient (Wildman–Crippen LogP) is 3.14. The largest absolute Gasteiger partial charge is 0.489 e. The lowest BCUT2D eigenvalue weighted by Gasteiger charge is -2.10. The first-order chi connectivity index (χ1) is 9.10. The van der Waals surface area contributed by atoms with Crippen molar-refractivity contribution in [2.24, 2.45) is 5.73 Å². The molecule has 0 saturated carbocycles. The zero-order valence-corrected chi connectivity index (χ0v) is 10.00. The van der Waals surface area contributed by atoms with Crippen LogP contribution in [0.4, 0.5) is 13.2 Å². The van der Waals surface area contributed by atoms with Crippen LogP contribution in [0.15, 0.2) is 36.4 Å². The molecule has 0 amide bonds. The number of halogens is 3. The molecule has 2 nitrogen and oxygen atoms in total. The molecule has 0 aliphatic heterocycles. The van der Waals surface area contributed by atoms with E-state index in [1.807, 2.05) is 0 Å². The van der Waals surface area contributed by atoms with Crippen molar-refractivity contribution in [3.8, 4) is 5.75 Å². The van der Waals surface area contributed by atoms with Gasteiger partial charge in [-0.3, -0.25) is 0 Å². The Hall–Kier alpha value is -2.01. The maximum absolute atomic E-state index is 13.0. The summed E-state index contributed by atoms with van der Waals surface area (Å²) >= 11 is 0. The van der Waals surface area contributed by atoms with Crippen LogP contribution in [0.2, 0.25) is 0 Å². The molecule has 0 atom stereocenters. The monoisotopic (exact) mass is 267 g/mol. The first-order valence-corrected chi connectivity index (χ1v) is 5.65. The van der Waals surface area contributed by atoms with Gasteiger partial charge >= 0.3 is 0 Å². The van der Waals surface area contributed by atoms with Gasteiger partial charge in [0, 0.05) is 12.6 Å². The second-order valence-electron chi connectivity index (χ2n) is 3.98. The normalized spacial score (nSPS) is 10.5. The molecule has 0 saturated heterocycles. The molecular weight excluding hydrogens is 255 g/mol. The summed E-state index contributed by atoms with van der Waals surface area (Å²) in [6, 6.07) is 7.44. The second-order valence-corrected chi connectivity index (χ2v) is 3.98. The SMILES string of the molecule is NCc1cc(F)ccc1COc1ccc(F)c(F)c1. The van der Waals surface area contributed by atoms with Crippen LogP contribution in [0.1, 0.15) is 11.1 Å². The van der Waals surface area contributed by atoms with E-state index in [1.165, 1.54) is 18.2 Å². The van der Waals surface area contributed by atoms with Gasteiger partial charge in [-0.2, -0.15) is 0 Å². The smallest absolute Gasteiger partial charge is 0.162 e. The van der Waals surface area contributed by atoms with Crippen molar-refractivity contribution in [3.05, 3.63) is 65.0 Å². The summed E-state index contributed by atoms with van der Waals surface area (Å²) in [5.74, 6) is -2.09. The number of ether oxygens (including phenoxy) is 1. The van der Waals surface area contributed by atoms with Crippen molar-refractivity contribution in [1.82, 2.24) is 0 Å². The number of nitrogens with two attached hydrogens (primary N) is 1. The van der Waals surface area contributed by atoms with E-state index in [0.29, 0.717) is 11.1 Å². The molecule has 19 heavy (non-hydrogen) atoms. The van der Waals surface area contributed by atoms with Gasteiger partial charge in [0.1, 0.15) is 18.2 Å². The third-order valence-corrected chi connectivity index (χ3v) is 2.67.